The number of benzene rings is 1. The van der Waals surface area contributed by atoms with Crippen LogP contribution in [-0.2, 0) is 7.05 Å². The van der Waals surface area contributed by atoms with Crippen molar-refractivity contribution in [3.05, 3.63) is 77.2 Å². The van der Waals surface area contributed by atoms with E-state index in [2.05, 4.69) is 15.4 Å². The molecule has 0 saturated heterocycles. The highest BCUT2D eigenvalue weighted by Crippen LogP contribution is 2.26. The van der Waals surface area contributed by atoms with Gasteiger partial charge in [-0.2, -0.15) is 5.10 Å². The quantitative estimate of drug-likeness (QED) is 0.573. The summed E-state index contributed by atoms with van der Waals surface area (Å²) < 4.78 is 1.76. The summed E-state index contributed by atoms with van der Waals surface area (Å²) in [6, 6.07) is 13.3. The number of hydrogen-bond acceptors (Lipinski definition) is 4. The first-order chi connectivity index (χ1) is 13.9. The fraction of sp³-hybridized carbons (Fsp3) is 0.217. The van der Waals surface area contributed by atoms with Crippen molar-refractivity contribution in [1.29, 1.82) is 0 Å². The first-order valence-electron chi connectivity index (χ1n) is 9.56. The van der Waals surface area contributed by atoms with Crippen molar-refractivity contribution >= 4 is 16.8 Å². The number of carbonyl (C=O) groups is 1. The number of pyridine rings is 2. The van der Waals surface area contributed by atoms with Crippen LogP contribution in [0.1, 0.15) is 40.1 Å². The molecule has 0 radical (unpaired) electrons. The van der Waals surface area contributed by atoms with Crippen LogP contribution < -0.4 is 5.32 Å². The second kappa shape index (κ2) is 7.47. The average Bonchev–Trinajstić information content (AvgIpc) is 3.06. The molecule has 0 saturated carbocycles. The van der Waals surface area contributed by atoms with E-state index >= 15 is 0 Å². The van der Waals surface area contributed by atoms with E-state index in [1.54, 1.807) is 10.9 Å². The standard InChI is InChI=1S/C23H23N5O/c1-14-8-9-20-17(11-14)18(12-22(26-20)21-7-5-6-10-24-21)23(29)25-15(2)19-13-28(4)27-16(19)3/h5-13,15H,1-4H3,(H,25,29)/t15-/m0/s1. The van der Waals surface area contributed by atoms with E-state index in [9.17, 15) is 4.79 Å². The van der Waals surface area contributed by atoms with E-state index in [-0.39, 0.29) is 11.9 Å². The largest absolute Gasteiger partial charge is 0.345 e. The van der Waals surface area contributed by atoms with Gasteiger partial charge in [-0.3, -0.25) is 14.5 Å². The summed E-state index contributed by atoms with van der Waals surface area (Å²) in [7, 11) is 1.88. The molecule has 146 valence electrons. The third-order valence-corrected chi connectivity index (χ3v) is 5.00. The molecule has 29 heavy (non-hydrogen) atoms. The van der Waals surface area contributed by atoms with E-state index in [1.807, 2.05) is 76.5 Å². The average molecular weight is 385 g/mol. The molecule has 1 amide bonds. The van der Waals surface area contributed by atoms with Crippen LogP contribution in [0.4, 0.5) is 0 Å². The molecule has 6 nitrogen and oxygen atoms in total. The number of rotatable bonds is 4. The van der Waals surface area contributed by atoms with Gasteiger partial charge in [-0.15, -0.1) is 0 Å². The van der Waals surface area contributed by atoms with Crippen LogP contribution in [0.25, 0.3) is 22.3 Å². The molecule has 3 heterocycles. The lowest BCUT2D eigenvalue weighted by atomic mass is 10.0. The van der Waals surface area contributed by atoms with Crippen LogP contribution in [0.3, 0.4) is 0 Å². The summed E-state index contributed by atoms with van der Waals surface area (Å²) >= 11 is 0. The van der Waals surface area contributed by atoms with Gasteiger partial charge in [-0.1, -0.05) is 17.7 Å². The van der Waals surface area contributed by atoms with Crippen molar-refractivity contribution in [2.75, 3.05) is 0 Å². The fourth-order valence-electron chi connectivity index (χ4n) is 3.57. The van der Waals surface area contributed by atoms with Crippen molar-refractivity contribution in [1.82, 2.24) is 25.1 Å². The van der Waals surface area contributed by atoms with E-state index in [0.29, 0.717) is 11.3 Å². The molecule has 3 aromatic heterocycles. The molecular formula is C23H23N5O. The van der Waals surface area contributed by atoms with Crippen molar-refractivity contribution in [3.8, 4) is 11.4 Å². The van der Waals surface area contributed by atoms with Crippen molar-refractivity contribution in [3.63, 3.8) is 0 Å². The highest BCUT2D eigenvalue weighted by atomic mass is 16.1. The number of hydrogen-bond donors (Lipinski definition) is 1. The number of nitrogens with zero attached hydrogens (tertiary/aromatic N) is 4. The summed E-state index contributed by atoms with van der Waals surface area (Å²) in [5.74, 6) is -0.143. The predicted molar refractivity (Wildman–Crippen MR) is 114 cm³/mol. The Labute approximate surface area is 169 Å². The molecule has 1 aromatic carbocycles. The summed E-state index contributed by atoms with van der Waals surface area (Å²) in [4.78, 5) is 22.4. The highest BCUT2D eigenvalue weighted by Gasteiger charge is 2.19. The minimum atomic E-state index is -0.164. The van der Waals surface area contributed by atoms with Crippen LogP contribution in [-0.4, -0.2) is 25.7 Å². The Bertz CT molecular complexity index is 1200. The van der Waals surface area contributed by atoms with Gasteiger partial charge in [-0.05, 0) is 51.1 Å². The summed E-state index contributed by atoms with van der Waals surface area (Å²) in [6.07, 6.45) is 3.66. The van der Waals surface area contributed by atoms with E-state index in [0.717, 1.165) is 33.4 Å². The summed E-state index contributed by atoms with van der Waals surface area (Å²) in [6.45, 7) is 5.92. The third-order valence-electron chi connectivity index (χ3n) is 5.00. The van der Waals surface area contributed by atoms with Crippen molar-refractivity contribution in [2.45, 2.75) is 26.8 Å². The van der Waals surface area contributed by atoms with Crippen LogP contribution in [0.5, 0.6) is 0 Å². The van der Waals surface area contributed by atoms with E-state index < -0.39 is 0 Å². The van der Waals surface area contributed by atoms with Crippen LogP contribution in [0.2, 0.25) is 0 Å². The Hall–Kier alpha value is -3.54. The second-order valence-corrected chi connectivity index (χ2v) is 7.33. The Kier molecular flexibility index (Phi) is 4.84. The van der Waals surface area contributed by atoms with Gasteiger partial charge in [0.1, 0.15) is 0 Å². The second-order valence-electron chi connectivity index (χ2n) is 7.33. The minimum Gasteiger partial charge on any atom is -0.345 e. The zero-order valence-electron chi connectivity index (χ0n) is 17.0. The molecular weight excluding hydrogens is 362 g/mol. The van der Waals surface area contributed by atoms with Crippen molar-refractivity contribution in [2.24, 2.45) is 7.05 Å². The maximum atomic E-state index is 13.3. The molecule has 4 aromatic rings. The predicted octanol–water partition coefficient (Wildman–Crippen LogP) is 4.14. The van der Waals surface area contributed by atoms with Gasteiger partial charge < -0.3 is 5.32 Å². The maximum Gasteiger partial charge on any atom is 0.252 e. The van der Waals surface area contributed by atoms with Gasteiger partial charge in [0.25, 0.3) is 5.91 Å². The molecule has 0 bridgehead atoms. The molecule has 1 atom stereocenters. The zero-order valence-corrected chi connectivity index (χ0v) is 17.0. The Morgan fingerprint density at radius 2 is 1.93 bits per heavy atom. The fourth-order valence-corrected chi connectivity index (χ4v) is 3.57. The molecule has 0 aliphatic carbocycles. The lowest BCUT2D eigenvalue weighted by molar-refractivity contribution is 0.0941. The van der Waals surface area contributed by atoms with Gasteiger partial charge in [0.05, 0.1) is 34.2 Å². The lowest BCUT2D eigenvalue weighted by Gasteiger charge is -2.15. The van der Waals surface area contributed by atoms with Crippen LogP contribution >= 0.6 is 0 Å². The normalized spacial score (nSPS) is 12.1. The zero-order chi connectivity index (χ0) is 20.5. The SMILES string of the molecule is Cc1ccc2nc(-c3ccccn3)cc(C(=O)N[C@@H](C)c3cn(C)nc3C)c2c1. The molecule has 6 heteroatoms. The van der Waals surface area contributed by atoms with Gasteiger partial charge in [0.15, 0.2) is 0 Å². The third kappa shape index (κ3) is 3.74. The number of carbonyl (C=O) groups excluding carboxylic acids is 1. The van der Waals surface area contributed by atoms with Crippen LogP contribution in [0, 0.1) is 13.8 Å². The molecule has 4 rings (SSSR count). The minimum absolute atomic E-state index is 0.143. The van der Waals surface area contributed by atoms with Gasteiger partial charge in [0, 0.05) is 30.4 Å². The Balaban J connectivity index is 1.77. The van der Waals surface area contributed by atoms with E-state index in [1.165, 1.54) is 0 Å². The number of amides is 1. The molecule has 0 fully saturated rings. The first-order valence-corrected chi connectivity index (χ1v) is 9.56. The Morgan fingerprint density at radius 1 is 1.10 bits per heavy atom. The molecule has 0 unspecified atom stereocenters. The summed E-state index contributed by atoms with van der Waals surface area (Å²) in [5, 5.41) is 8.32. The monoisotopic (exact) mass is 385 g/mol. The number of nitrogens with one attached hydrogen (secondary N) is 1. The smallest absolute Gasteiger partial charge is 0.252 e. The highest BCUT2D eigenvalue weighted by molar-refractivity contribution is 6.07. The lowest BCUT2D eigenvalue weighted by Crippen LogP contribution is -2.27. The van der Waals surface area contributed by atoms with E-state index in [4.69, 9.17) is 4.98 Å². The summed E-state index contributed by atoms with van der Waals surface area (Å²) in [5.41, 5.74) is 5.76. The van der Waals surface area contributed by atoms with Gasteiger partial charge in [-0.25, -0.2) is 4.98 Å². The van der Waals surface area contributed by atoms with Gasteiger partial charge in [0.2, 0.25) is 0 Å². The Morgan fingerprint density at radius 3 is 2.62 bits per heavy atom. The van der Waals surface area contributed by atoms with Crippen molar-refractivity contribution < 1.29 is 4.79 Å². The molecule has 0 aliphatic rings. The van der Waals surface area contributed by atoms with Crippen LogP contribution in [0.15, 0.2) is 54.9 Å². The topological polar surface area (TPSA) is 72.7 Å². The number of aromatic nitrogens is 4. The molecule has 1 N–H and O–H groups in total. The molecule has 0 spiro atoms. The molecule has 0 aliphatic heterocycles. The van der Waals surface area contributed by atoms with Gasteiger partial charge >= 0.3 is 0 Å². The number of fused-ring (bicyclic) bond motifs is 1. The maximum absolute atomic E-state index is 13.3. The number of aryl methyl sites for hydroxylation is 3. The first kappa shape index (κ1) is 18.8.